The molecule has 3 heteroatoms. The Kier molecular flexibility index (Phi) is 4.43. The number of allylic oxidation sites excluding steroid dienone is 3. The highest BCUT2D eigenvalue weighted by Gasteiger charge is 2.15. The Labute approximate surface area is 108 Å². The summed E-state index contributed by atoms with van der Waals surface area (Å²) in [5.74, 6) is -0.295. The molecule has 0 saturated heterocycles. The molecular formula is C15H19NO2. The molecule has 2 aliphatic rings. The number of ether oxygens (including phenoxy) is 1. The van der Waals surface area contributed by atoms with Crippen LogP contribution in [0.3, 0.4) is 0 Å². The zero-order chi connectivity index (χ0) is 12.8. The number of nitrogens with one attached hydrogen (secondary N) is 1. The Hall–Kier alpha value is -1.73. The summed E-state index contributed by atoms with van der Waals surface area (Å²) in [4.78, 5) is 11.6. The molecule has 0 aromatic rings. The average Bonchev–Trinajstić information content (AvgIpc) is 2.74. The van der Waals surface area contributed by atoms with Crippen molar-refractivity contribution in [3.05, 3.63) is 41.3 Å². The molecule has 0 heterocycles. The van der Waals surface area contributed by atoms with Crippen molar-refractivity contribution in [2.75, 3.05) is 6.61 Å². The van der Waals surface area contributed by atoms with Gasteiger partial charge in [0, 0.05) is 17.8 Å². The summed E-state index contributed by atoms with van der Waals surface area (Å²) in [6, 6.07) is 0.562. The minimum atomic E-state index is -0.295. The lowest BCUT2D eigenvalue weighted by Crippen LogP contribution is -2.24. The molecule has 3 nitrogen and oxygen atoms in total. The fraction of sp³-hybridized carbons (Fsp3) is 0.467. The van der Waals surface area contributed by atoms with E-state index in [0.29, 0.717) is 18.2 Å². The number of hydrogen-bond donors (Lipinski definition) is 1. The van der Waals surface area contributed by atoms with Gasteiger partial charge in [-0.1, -0.05) is 12.8 Å². The molecule has 96 valence electrons. The van der Waals surface area contributed by atoms with Crippen molar-refractivity contribution in [3.8, 4) is 0 Å². The fourth-order valence-electron chi connectivity index (χ4n) is 2.23. The van der Waals surface area contributed by atoms with Gasteiger partial charge in [-0.15, -0.1) is 5.73 Å². The minimum absolute atomic E-state index is 0.295. The maximum absolute atomic E-state index is 11.6. The molecule has 0 spiro atoms. The van der Waals surface area contributed by atoms with Crippen molar-refractivity contribution < 1.29 is 9.53 Å². The van der Waals surface area contributed by atoms with Crippen molar-refractivity contribution in [3.63, 3.8) is 0 Å². The standard InChI is InChI=1S/C15H19NO2/c1-2-18-15(17)12-6-5-9-14(11-10-12)16-13-7-3-4-8-13/h6,9-11,13,16H,2-4,7-8H2,1H3. The van der Waals surface area contributed by atoms with E-state index in [1.54, 1.807) is 19.1 Å². The van der Waals surface area contributed by atoms with Crippen LogP contribution >= 0.6 is 0 Å². The summed E-state index contributed by atoms with van der Waals surface area (Å²) >= 11 is 0. The molecule has 1 N–H and O–H groups in total. The van der Waals surface area contributed by atoms with Crippen LogP contribution in [0.25, 0.3) is 0 Å². The van der Waals surface area contributed by atoms with E-state index in [1.165, 1.54) is 25.7 Å². The molecule has 0 bridgehead atoms. The molecule has 1 saturated carbocycles. The van der Waals surface area contributed by atoms with E-state index in [2.05, 4.69) is 11.0 Å². The lowest BCUT2D eigenvalue weighted by Gasteiger charge is -2.13. The second-order valence-corrected chi connectivity index (χ2v) is 4.55. The highest BCUT2D eigenvalue weighted by molar-refractivity contribution is 5.92. The van der Waals surface area contributed by atoms with E-state index >= 15 is 0 Å². The lowest BCUT2D eigenvalue weighted by atomic mass is 10.2. The highest BCUT2D eigenvalue weighted by Crippen LogP contribution is 2.19. The average molecular weight is 245 g/mol. The Morgan fingerprint density at radius 1 is 1.39 bits per heavy atom. The van der Waals surface area contributed by atoms with Gasteiger partial charge in [-0.2, -0.15) is 0 Å². The van der Waals surface area contributed by atoms with Crippen LogP contribution < -0.4 is 5.32 Å². The number of hydrogen-bond acceptors (Lipinski definition) is 3. The quantitative estimate of drug-likeness (QED) is 0.611. The summed E-state index contributed by atoms with van der Waals surface area (Å²) in [6.45, 7) is 2.20. The van der Waals surface area contributed by atoms with E-state index in [1.807, 2.05) is 12.2 Å². The maximum atomic E-state index is 11.6. The van der Waals surface area contributed by atoms with Crippen molar-refractivity contribution in [1.29, 1.82) is 0 Å². The van der Waals surface area contributed by atoms with Crippen molar-refractivity contribution in [2.24, 2.45) is 0 Å². The van der Waals surface area contributed by atoms with Crippen LogP contribution in [0.1, 0.15) is 32.6 Å². The first-order valence-corrected chi connectivity index (χ1v) is 6.57. The third kappa shape index (κ3) is 3.38. The minimum Gasteiger partial charge on any atom is -0.462 e. The van der Waals surface area contributed by atoms with Gasteiger partial charge in [0.1, 0.15) is 0 Å². The van der Waals surface area contributed by atoms with E-state index in [-0.39, 0.29) is 5.97 Å². The molecule has 0 radical (unpaired) electrons. The summed E-state index contributed by atoms with van der Waals surface area (Å²) in [5.41, 5.74) is 4.56. The van der Waals surface area contributed by atoms with Gasteiger partial charge in [-0.25, -0.2) is 4.79 Å². The number of rotatable bonds is 4. The van der Waals surface area contributed by atoms with Crippen molar-refractivity contribution >= 4 is 5.97 Å². The summed E-state index contributed by atoms with van der Waals surface area (Å²) in [6.07, 6.45) is 12.3. The topological polar surface area (TPSA) is 38.3 Å². The third-order valence-corrected chi connectivity index (χ3v) is 3.16. The van der Waals surface area contributed by atoms with Crippen LogP contribution in [-0.4, -0.2) is 18.6 Å². The van der Waals surface area contributed by atoms with Crippen molar-refractivity contribution in [1.82, 2.24) is 5.32 Å². The normalized spacial score (nSPS) is 19.2. The Morgan fingerprint density at radius 3 is 2.89 bits per heavy atom. The molecule has 0 aromatic carbocycles. The monoisotopic (exact) mass is 245 g/mol. The Morgan fingerprint density at radius 2 is 2.17 bits per heavy atom. The molecule has 0 aliphatic heterocycles. The molecule has 0 aromatic heterocycles. The summed E-state index contributed by atoms with van der Waals surface area (Å²) in [5, 5.41) is 3.48. The lowest BCUT2D eigenvalue weighted by molar-refractivity contribution is -0.138. The molecule has 2 aliphatic carbocycles. The number of carbonyl (C=O) groups excluding carboxylic acids is 1. The molecule has 0 unspecified atom stereocenters. The predicted molar refractivity (Wildman–Crippen MR) is 70.8 cm³/mol. The first-order chi connectivity index (χ1) is 8.79. The van der Waals surface area contributed by atoms with Gasteiger partial charge in [-0.05, 0) is 38.0 Å². The first kappa shape index (κ1) is 12.7. The van der Waals surface area contributed by atoms with Crippen LogP contribution in [-0.2, 0) is 9.53 Å². The first-order valence-electron chi connectivity index (χ1n) is 6.57. The van der Waals surface area contributed by atoms with Gasteiger partial charge in [0.05, 0.1) is 12.2 Å². The molecule has 0 atom stereocenters. The molecule has 0 amide bonds. The van der Waals surface area contributed by atoms with E-state index in [0.717, 1.165) is 5.70 Å². The second kappa shape index (κ2) is 6.27. The van der Waals surface area contributed by atoms with Gasteiger partial charge in [0.2, 0.25) is 0 Å². The zero-order valence-electron chi connectivity index (χ0n) is 10.7. The maximum Gasteiger partial charge on any atom is 0.338 e. The fourth-order valence-corrected chi connectivity index (χ4v) is 2.23. The van der Waals surface area contributed by atoms with Crippen LogP contribution in [0.15, 0.2) is 41.3 Å². The van der Waals surface area contributed by atoms with Gasteiger partial charge in [0.25, 0.3) is 0 Å². The number of esters is 1. The van der Waals surface area contributed by atoms with Gasteiger partial charge in [0.15, 0.2) is 0 Å². The largest absolute Gasteiger partial charge is 0.462 e. The van der Waals surface area contributed by atoms with E-state index < -0.39 is 0 Å². The van der Waals surface area contributed by atoms with Crippen LogP contribution in [0.5, 0.6) is 0 Å². The van der Waals surface area contributed by atoms with Crippen LogP contribution in [0, 0.1) is 0 Å². The third-order valence-electron chi connectivity index (χ3n) is 3.16. The molecule has 2 rings (SSSR count). The number of carbonyl (C=O) groups is 1. The molecule has 18 heavy (non-hydrogen) atoms. The van der Waals surface area contributed by atoms with Crippen LogP contribution in [0.2, 0.25) is 0 Å². The van der Waals surface area contributed by atoms with E-state index in [9.17, 15) is 4.79 Å². The summed E-state index contributed by atoms with van der Waals surface area (Å²) < 4.78 is 4.96. The smallest absolute Gasteiger partial charge is 0.338 e. The Balaban J connectivity index is 2.02. The Bertz CT molecular complexity index is 433. The predicted octanol–water partition coefficient (Wildman–Crippen LogP) is 2.62. The zero-order valence-corrected chi connectivity index (χ0v) is 10.7. The molecular weight excluding hydrogens is 226 g/mol. The van der Waals surface area contributed by atoms with Gasteiger partial charge in [-0.3, -0.25) is 0 Å². The second-order valence-electron chi connectivity index (χ2n) is 4.55. The summed E-state index contributed by atoms with van der Waals surface area (Å²) in [7, 11) is 0. The van der Waals surface area contributed by atoms with Crippen molar-refractivity contribution in [2.45, 2.75) is 38.6 Å². The van der Waals surface area contributed by atoms with Gasteiger partial charge < -0.3 is 10.1 Å². The highest BCUT2D eigenvalue weighted by atomic mass is 16.5. The SMILES string of the molecule is CCOC(=O)C1=CC=C(NC2CCCC2)C=C=C1. The molecule has 1 fully saturated rings. The van der Waals surface area contributed by atoms with Crippen LogP contribution in [0.4, 0.5) is 0 Å². The van der Waals surface area contributed by atoms with E-state index in [4.69, 9.17) is 4.74 Å². The van der Waals surface area contributed by atoms with Gasteiger partial charge >= 0.3 is 5.97 Å².